The largest absolute Gasteiger partial charge is 0.507 e. The lowest BCUT2D eigenvalue weighted by Gasteiger charge is -2.18. The first-order valence-corrected chi connectivity index (χ1v) is 11.7. The van der Waals surface area contributed by atoms with Crippen LogP contribution in [0.25, 0.3) is 11.2 Å². The van der Waals surface area contributed by atoms with Crippen molar-refractivity contribution in [1.29, 1.82) is 0 Å². The lowest BCUT2D eigenvalue weighted by Crippen LogP contribution is -2.38. The maximum absolute atomic E-state index is 12.7. The van der Waals surface area contributed by atoms with Crippen LogP contribution in [0.4, 0.5) is 5.69 Å². The van der Waals surface area contributed by atoms with Crippen LogP contribution in [0, 0.1) is 11.8 Å². The van der Waals surface area contributed by atoms with E-state index in [1.807, 2.05) is 0 Å². The third-order valence-electron chi connectivity index (χ3n) is 5.64. The zero-order valence-electron chi connectivity index (χ0n) is 17.8. The Morgan fingerprint density at radius 3 is 2.83 bits per heavy atom. The van der Waals surface area contributed by atoms with E-state index in [2.05, 4.69) is 21.8 Å². The van der Waals surface area contributed by atoms with Gasteiger partial charge in [-0.3, -0.25) is 13.5 Å². The molecule has 1 aromatic carbocycles. The Bertz CT molecular complexity index is 1510. The number of imidazole rings is 1. The Kier molecular flexibility index (Phi) is 5.58. The number of aliphatic hydroxyl groups is 2. The summed E-state index contributed by atoms with van der Waals surface area (Å²) in [4.78, 5) is 21.3. The van der Waals surface area contributed by atoms with Gasteiger partial charge in [0.25, 0.3) is 5.91 Å². The number of rotatable bonds is 0. The lowest BCUT2D eigenvalue weighted by molar-refractivity contribution is -0.0472. The van der Waals surface area contributed by atoms with Crippen LogP contribution >= 0.6 is 0 Å². The van der Waals surface area contributed by atoms with E-state index in [0.717, 1.165) is 0 Å². The van der Waals surface area contributed by atoms with Crippen LogP contribution < -0.4 is 10.5 Å². The summed E-state index contributed by atoms with van der Waals surface area (Å²) in [6.45, 7) is -0.728. The first-order chi connectivity index (χ1) is 16.7. The molecule has 0 unspecified atom stereocenters. The molecule has 6 N–H and O–H groups in total. The molecule has 4 atom stereocenters. The summed E-state index contributed by atoms with van der Waals surface area (Å²) in [6.07, 6.45) is -4.27. The number of pyridine rings is 1. The van der Waals surface area contributed by atoms with Gasteiger partial charge in [0.15, 0.2) is 17.7 Å². The van der Waals surface area contributed by atoms with E-state index in [1.54, 1.807) is 4.72 Å². The molecule has 2 aromatic heterocycles. The number of phenolic OH excluding ortho intramolecular Hbond substituents is 1. The minimum Gasteiger partial charge on any atom is -0.507 e. The molecular weight excluding hydrogens is 482 g/mol. The van der Waals surface area contributed by atoms with Gasteiger partial charge >= 0.3 is 10.3 Å². The third-order valence-corrected chi connectivity index (χ3v) is 6.52. The van der Waals surface area contributed by atoms with Crippen LogP contribution in [-0.4, -0.2) is 69.1 Å². The number of aliphatic hydroxyl groups excluding tert-OH is 2. The van der Waals surface area contributed by atoms with Gasteiger partial charge in [0.05, 0.1) is 17.9 Å². The highest BCUT2D eigenvalue weighted by atomic mass is 32.2. The first-order valence-electron chi connectivity index (χ1n) is 10.3. The Morgan fingerprint density at radius 1 is 1.23 bits per heavy atom. The van der Waals surface area contributed by atoms with Crippen molar-refractivity contribution in [2.75, 3.05) is 12.3 Å². The highest BCUT2D eigenvalue weighted by molar-refractivity contribution is 7.85. The van der Waals surface area contributed by atoms with E-state index < -0.39 is 53.1 Å². The van der Waals surface area contributed by atoms with Gasteiger partial charge in [-0.25, -0.2) is 14.7 Å². The van der Waals surface area contributed by atoms with Crippen LogP contribution in [0.1, 0.15) is 28.0 Å². The van der Waals surface area contributed by atoms with E-state index in [9.17, 15) is 28.5 Å². The second-order valence-corrected chi connectivity index (χ2v) is 9.23. The maximum atomic E-state index is 12.7. The fourth-order valence-electron chi connectivity index (χ4n) is 3.98. The van der Waals surface area contributed by atoms with Crippen molar-refractivity contribution in [1.82, 2.24) is 19.3 Å². The molecule has 1 amide bonds. The standard InChI is InChI=1S/C21H19N5O8S/c22-11-7-8-23-19-16(11)24-14-6-2-4-10-3-1-5-12(27)15(10)20(30)25-35(31,32)33-9-13-17(28)18(29)21(34-13)26(14)19/h1,3,5,7-8,13,17-18,21,27-29H,4,9H2,(H2,22,23)(H,25,30)/t13-,17-,18-,21-/m1/s1. The molecular formula is C21H19N5O8S. The molecule has 4 heterocycles. The molecule has 13 nitrogen and oxygen atoms in total. The Labute approximate surface area is 198 Å². The third kappa shape index (κ3) is 4.05. The Hall–Kier alpha value is -3.74. The van der Waals surface area contributed by atoms with Gasteiger partial charge in [-0.2, -0.15) is 8.42 Å². The second-order valence-electron chi connectivity index (χ2n) is 7.88. The number of nitrogens with two attached hydrogens (primary N) is 1. The average Bonchev–Trinajstić information content (AvgIpc) is 3.29. The Balaban J connectivity index is 1.69. The predicted octanol–water partition coefficient (Wildman–Crippen LogP) is -1.06. The topological polar surface area (TPSA) is 199 Å². The molecule has 0 aliphatic carbocycles. The molecule has 1 fully saturated rings. The molecule has 0 saturated carbocycles. The number of amides is 1. The first kappa shape index (κ1) is 23.0. The fraction of sp³-hybridized carbons (Fsp3) is 0.286. The van der Waals surface area contributed by atoms with Gasteiger partial charge in [-0.05, 0) is 23.6 Å². The van der Waals surface area contributed by atoms with E-state index >= 15 is 0 Å². The van der Waals surface area contributed by atoms with Crippen molar-refractivity contribution >= 4 is 33.1 Å². The van der Waals surface area contributed by atoms with E-state index in [0.29, 0.717) is 0 Å². The number of hydrogen-bond acceptors (Lipinski definition) is 11. The second kappa shape index (κ2) is 8.48. The molecule has 1 saturated heterocycles. The van der Waals surface area contributed by atoms with Gasteiger partial charge in [0.1, 0.15) is 29.6 Å². The monoisotopic (exact) mass is 501 g/mol. The molecule has 0 spiro atoms. The number of nitrogen functional groups attached to an aromatic ring is 1. The summed E-state index contributed by atoms with van der Waals surface area (Å²) in [7, 11) is -4.67. The van der Waals surface area contributed by atoms with Crippen molar-refractivity contribution in [3.8, 4) is 17.6 Å². The molecule has 0 radical (unpaired) electrons. The summed E-state index contributed by atoms with van der Waals surface area (Å²) in [6, 6.07) is 5.74. The van der Waals surface area contributed by atoms with E-state index in [1.165, 1.54) is 35.0 Å². The number of phenols is 1. The van der Waals surface area contributed by atoms with Gasteiger partial charge < -0.3 is 25.8 Å². The average molecular weight is 501 g/mol. The molecule has 2 bridgehead atoms. The van der Waals surface area contributed by atoms with E-state index in [-0.39, 0.29) is 40.2 Å². The minimum absolute atomic E-state index is 0.0799. The number of aromatic nitrogens is 3. The molecule has 3 aromatic rings. The lowest BCUT2D eigenvalue weighted by atomic mass is 10.0. The predicted molar refractivity (Wildman–Crippen MR) is 119 cm³/mol. The van der Waals surface area contributed by atoms with Crippen LogP contribution in [0.3, 0.4) is 0 Å². The number of anilines is 1. The zero-order valence-corrected chi connectivity index (χ0v) is 18.6. The summed E-state index contributed by atoms with van der Waals surface area (Å²) < 4.78 is 38.4. The zero-order chi connectivity index (χ0) is 24.9. The number of carbonyl (C=O) groups excluding carboxylic acids is 1. The summed E-state index contributed by atoms with van der Waals surface area (Å²) in [5, 5.41) is 31.4. The van der Waals surface area contributed by atoms with Crippen molar-refractivity contribution in [2.45, 2.75) is 31.0 Å². The van der Waals surface area contributed by atoms with Crippen molar-refractivity contribution < 1.29 is 37.5 Å². The van der Waals surface area contributed by atoms with Gasteiger partial charge in [-0.1, -0.05) is 18.1 Å². The number of nitrogens with zero attached hydrogens (tertiary/aromatic N) is 3. The molecule has 2 aliphatic heterocycles. The maximum Gasteiger partial charge on any atom is 0.362 e. The van der Waals surface area contributed by atoms with Crippen LogP contribution in [0.15, 0.2) is 30.5 Å². The van der Waals surface area contributed by atoms with Crippen LogP contribution in [0.5, 0.6) is 5.75 Å². The molecule has 5 rings (SSSR count). The SMILES string of the molecule is Nc1ccnc2c1nc1n2[C@@H]2O[C@H](COS(=O)(=O)NC(=O)c3c(O)cccc3CC#C1)[C@@H](O)[C@H]2O. The molecule has 2 aliphatic rings. The van der Waals surface area contributed by atoms with E-state index in [4.69, 9.17) is 14.7 Å². The highest BCUT2D eigenvalue weighted by Gasteiger charge is 2.46. The van der Waals surface area contributed by atoms with Crippen molar-refractivity contribution in [3.05, 3.63) is 47.4 Å². The highest BCUT2D eigenvalue weighted by Crippen LogP contribution is 2.34. The number of aromatic hydroxyl groups is 1. The van der Waals surface area contributed by atoms with Gasteiger partial charge in [0.2, 0.25) is 0 Å². The fourth-order valence-corrected chi connectivity index (χ4v) is 4.68. The van der Waals surface area contributed by atoms with Crippen LogP contribution in [0.2, 0.25) is 0 Å². The van der Waals surface area contributed by atoms with Gasteiger partial charge in [-0.15, -0.1) is 0 Å². The molecule has 35 heavy (non-hydrogen) atoms. The summed E-state index contributed by atoms with van der Waals surface area (Å²) in [5.74, 6) is 4.16. The van der Waals surface area contributed by atoms with Crippen molar-refractivity contribution in [2.24, 2.45) is 0 Å². The van der Waals surface area contributed by atoms with Gasteiger partial charge in [0, 0.05) is 12.6 Å². The quantitative estimate of drug-likeness (QED) is 0.235. The van der Waals surface area contributed by atoms with Crippen molar-refractivity contribution in [3.63, 3.8) is 0 Å². The number of hydrogen-bond donors (Lipinski definition) is 5. The number of carbonyl (C=O) groups is 1. The number of nitrogens with one attached hydrogen (secondary N) is 1. The minimum atomic E-state index is -4.67. The molecule has 182 valence electrons. The van der Waals surface area contributed by atoms with Crippen LogP contribution in [-0.2, 0) is 25.6 Å². The number of ether oxygens (including phenoxy) is 1. The molecule has 14 heteroatoms. The normalized spacial score (nSPS) is 25.9. The number of fused-ring (bicyclic) bond motifs is 7. The summed E-state index contributed by atoms with van der Waals surface area (Å²) >= 11 is 0. The smallest absolute Gasteiger partial charge is 0.362 e. The summed E-state index contributed by atoms with van der Waals surface area (Å²) in [5.41, 5.74) is 6.77. The Morgan fingerprint density at radius 2 is 2.03 bits per heavy atom. The number of benzene rings is 1.